The van der Waals surface area contributed by atoms with Crippen LogP contribution < -0.4 is 16.4 Å². The van der Waals surface area contributed by atoms with Gasteiger partial charge in [0, 0.05) is 52.7 Å². The van der Waals surface area contributed by atoms with Crippen LogP contribution in [0.2, 0.25) is 10.0 Å². The molecule has 0 atom stereocenters. The number of aryl methyl sites for hydroxylation is 1. The second-order valence-corrected chi connectivity index (χ2v) is 8.92. The van der Waals surface area contributed by atoms with Gasteiger partial charge in [-0.2, -0.15) is 0 Å². The molecule has 10 nitrogen and oxygen atoms in total. The molecule has 0 aliphatic carbocycles. The number of carbonyl (C=O) groups excluding carboxylic acids is 1. The quantitative estimate of drug-likeness (QED) is 0.143. The molecule has 0 saturated heterocycles. The molecule has 4 aromatic rings. The molecule has 0 unspecified atom stereocenters. The molecule has 0 aliphatic heterocycles. The predicted octanol–water partition coefficient (Wildman–Crippen LogP) is 5.17. The van der Waals surface area contributed by atoms with Crippen LogP contribution in [-0.2, 0) is 13.1 Å². The number of halogens is 2. The highest BCUT2D eigenvalue weighted by Gasteiger charge is 2.17. The summed E-state index contributed by atoms with van der Waals surface area (Å²) in [4.78, 5) is 31.7. The Morgan fingerprint density at radius 3 is 2.68 bits per heavy atom. The number of rotatable bonds is 10. The number of benzene rings is 1. The lowest BCUT2D eigenvalue weighted by Gasteiger charge is -2.11. The average Bonchev–Trinajstić information content (AvgIpc) is 3.29. The second-order valence-electron chi connectivity index (χ2n) is 8.07. The molecule has 190 valence electrons. The second kappa shape index (κ2) is 11.7. The van der Waals surface area contributed by atoms with Gasteiger partial charge in [0.1, 0.15) is 11.5 Å². The number of nitrogens with two attached hydrogens (primary N) is 1. The van der Waals surface area contributed by atoms with E-state index < -0.39 is 4.92 Å². The summed E-state index contributed by atoms with van der Waals surface area (Å²) in [6.07, 6.45) is 4.17. The van der Waals surface area contributed by atoms with Crippen LogP contribution in [0.4, 0.5) is 17.3 Å². The van der Waals surface area contributed by atoms with E-state index in [1.807, 2.05) is 35.0 Å². The van der Waals surface area contributed by atoms with Crippen LogP contribution in [0.3, 0.4) is 0 Å². The molecular weight excluding hydrogens is 517 g/mol. The number of nitro groups is 1. The summed E-state index contributed by atoms with van der Waals surface area (Å²) in [7, 11) is 0. The fourth-order valence-corrected chi connectivity index (χ4v) is 4.22. The van der Waals surface area contributed by atoms with E-state index in [1.165, 1.54) is 12.1 Å². The first-order valence-electron chi connectivity index (χ1n) is 11.3. The Hall–Kier alpha value is -4.15. The molecule has 1 amide bonds. The van der Waals surface area contributed by atoms with Crippen molar-refractivity contribution in [3.05, 3.63) is 98.5 Å². The topological polar surface area (TPSA) is 141 Å². The molecule has 0 bridgehead atoms. The third kappa shape index (κ3) is 6.54. The van der Waals surface area contributed by atoms with Crippen LogP contribution in [0, 0.1) is 10.1 Å². The van der Waals surface area contributed by atoms with Crippen molar-refractivity contribution in [2.75, 3.05) is 17.6 Å². The maximum absolute atomic E-state index is 13.1. The molecule has 0 aliphatic rings. The number of amides is 1. The van der Waals surface area contributed by atoms with Gasteiger partial charge >= 0.3 is 5.69 Å². The average molecular weight is 540 g/mol. The number of aromatic nitrogens is 3. The van der Waals surface area contributed by atoms with Gasteiger partial charge in [0.2, 0.25) is 5.82 Å². The Kier molecular flexibility index (Phi) is 8.22. The summed E-state index contributed by atoms with van der Waals surface area (Å²) < 4.78 is 1.85. The smallest absolute Gasteiger partial charge is 0.311 e. The molecule has 0 fully saturated rings. The lowest BCUT2D eigenvalue weighted by molar-refractivity contribution is -0.384. The van der Waals surface area contributed by atoms with Crippen LogP contribution in [0.1, 0.15) is 22.6 Å². The van der Waals surface area contributed by atoms with Gasteiger partial charge in [-0.25, -0.2) is 4.98 Å². The standard InChI is InChI=1S/C25H23Cl2N7O3/c26-17-5-6-19(20(27)13-17)16-12-22(25(35)31-14-18-4-1-2-9-29-18)33(15-16)11-3-10-30-23-8-7-21(34(36)37)24(28)32-23/h1-2,4-9,12-13,15H,3,10-11,14H2,(H,31,35)(H3,28,30,32). The van der Waals surface area contributed by atoms with E-state index >= 15 is 0 Å². The SMILES string of the molecule is Nc1nc(NCCCn2cc(-c3ccc(Cl)cc3Cl)cc2C(=O)NCc2ccccn2)ccc1[N+](=O)[O-]. The van der Waals surface area contributed by atoms with Crippen LogP contribution in [-0.4, -0.2) is 31.9 Å². The maximum Gasteiger partial charge on any atom is 0.311 e. The van der Waals surface area contributed by atoms with Crippen molar-refractivity contribution in [2.24, 2.45) is 0 Å². The lowest BCUT2D eigenvalue weighted by atomic mass is 10.1. The van der Waals surface area contributed by atoms with E-state index in [4.69, 9.17) is 28.9 Å². The van der Waals surface area contributed by atoms with Gasteiger partial charge in [-0.1, -0.05) is 35.3 Å². The van der Waals surface area contributed by atoms with Crippen LogP contribution in [0.25, 0.3) is 11.1 Å². The molecule has 0 spiro atoms. The first kappa shape index (κ1) is 25.9. The lowest BCUT2D eigenvalue weighted by Crippen LogP contribution is -2.26. The molecule has 0 radical (unpaired) electrons. The van der Waals surface area contributed by atoms with Gasteiger partial charge in [0.05, 0.1) is 17.2 Å². The van der Waals surface area contributed by atoms with Crippen LogP contribution in [0.5, 0.6) is 0 Å². The Balaban J connectivity index is 1.48. The Morgan fingerprint density at radius 1 is 1.14 bits per heavy atom. The van der Waals surface area contributed by atoms with Crippen molar-refractivity contribution < 1.29 is 9.72 Å². The normalized spacial score (nSPS) is 10.8. The molecule has 37 heavy (non-hydrogen) atoms. The van der Waals surface area contributed by atoms with Gasteiger partial charge in [0.25, 0.3) is 5.91 Å². The highest BCUT2D eigenvalue weighted by atomic mass is 35.5. The van der Waals surface area contributed by atoms with E-state index in [9.17, 15) is 14.9 Å². The molecule has 12 heteroatoms. The summed E-state index contributed by atoms with van der Waals surface area (Å²) in [5.41, 5.74) is 8.16. The minimum absolute atomic E-state index is 0.156. The highest BCUT2D eigenvalue weighted by Crippen LogP contribution is 2.32. The number of hydrogen-bond donors (Lipinski definition) is 3. The molecule has 1 aromatic carbocycles. The number of hydrogen-bond acceptors (Lipinski definition) is 7. The molecule has 4 N–H and O–H groups in total. The Labute approximate surface area is 222 Å². The largest absolute Gasteiger partial charge is 0.378 e. The van der Waals surface area contributed by atoms with E-state index in [0.29, 0.717) is 41.1 Å². The number of carbonyl (C=O) groups is 1. The van der Waals surface area contributed by atoms with E-state index in [0.717, 1.165) is 16.8 Å². The van der Waals surface area contributed by atoms with Gasteiger partial charge < -0.3 is 20.9 Å². The number of nitrogens with zero attached hydrogens (tertiary/aromatic N) is 4. The van der Waals surface area contributed by atoms with Crippen LogP contribution >= 0.6 is 23.2 Å². The van der Waals surface area contributed by atoms with E-state index in [-0.39, 0.29) is 24.0 Å². The summed E-state index contributed by atoms with van der Waals surface area (Å²) in [6.45, 7) is 1.29. The molecular formula is C25H23Cl2N7O3. The molecule has 3 heterocycles. The van der Waals surface area contributed by atoms with E-state index in [1.54, 1.807) is 24.4 Å². The highest BCUT2D eigenvalue weighted by molar-refractivity contribution is 6.36. The van der Waals surface area contributed by atoms with Gasteiger partial charge in [-0.15, -0.1) is 0 Å². The number of nitrogens with one attached hydrogen (secondary N) is 2. The zero-order chi connectivity index (χ0) is 26.4. The molecule has 4 rings (SSSR count). The fraction of sp³-hybridized carbons (Fsp3) is 0.160. The third-order valence-electron chi connectivity index (χ3n) is 5.51. The summed E-state index contributed by atoms with van der Waals surface area (Å²) in [5, 5.41) is 17.9. The Bertz CT molecular complexity index is 1430. The van der Waals surface area contributed by atoms with Gasteiger partial charge in [-0.3, -0.25) is 19.9 Å². The molecule has 0 saturated carbocycles. The summed E-state index contributed by atoms with van der Waals surface area (Å²) in [5.74, 6) is 0.0223. The van der Waals surface area contributed by atoms with E-state index in [2.05, 4.69) is 20.6 Å². The van der Waals surface area contributed by atoms with Crippen molar-refractivity contribution in [2.45, 2.75) is 19.5 Å². The first-order chi connectivity index (χ1) is 17.8. The number of pyridine rings is 2. The minimum Gasteiger partial charge on any atom is -0.378 e. The third-order valence-corrected chi connectivity index (χ3v) is 6.06. The minimum atomic E-state index is -0.580. The van der Waals surface area contributed by atoms with Gasteiger partial charge in [0.15, 0.2) is 0 Å². The predicted molar refractivity (Wildman–Crippen MR) is 144 cm³/mol. The Morgan fingerprint density at radius 2 is 1.97 bits per heavy atom. The summed E-state index contributed by atoms with van der Waals surface area (Å²) >= 11 is 12.5. The van der Waals surface area contributed by atoms with Crippen molar-refractivity contribution >= 4 is 46.4 Å². The molecule has 3 aromatic heterocycles. The number of anilines is 2. The number of nitrogen functional groups attached to an aromatic ring is 1. The van der Waals surface area contributed by atoms with Crippen molar-refractivity contribution in [3.8, 4) is 11.1 Å². The van der Waals surface area contributed by atoms with Crippen molar-refractivity contribution in [3.63, 3.8) is 0 Å². The zero-order valence-corrected chi connectivity index (χ0v) is 21.0. The summed E-state index contributed by atoms with van der Waals surface area (Å²) in [6, 6.07) is 15.3. The van der Waals surface area contributed by atoms with Gasteiger partial charge in [-0.05, 0) is 42.8 Å². The monoisotopic (exact) mass is 539 g/mol. The van der Waals surface area contributed by atoms with Crippen molar-refractivity contribution in [1.82, 2.24) is 19.9 Å². The van der Waals surface area contributed by atoms with Crippen LogP contribution in [0.15, 0.2) is 67.0 Å². The first-order valence-corrected chi connectivity index (χ1v) is 12.1. The zero-order valence-electron chi connectivity index (χ0n) is 19.5. The van der Waals surface area contributed by atoms with Crippen molar-refractivity contribution in [1.29, 1.82) is 0 Å². The maximum atomic E-state index is 13.1. The fourth-order valence-electron chi connectivity index (χ4n) is 3.71.